The van der Waals surface area contributed by atoms with Crippen LogP contribution in [-0.4, -0.2) is 37.9 Å². The third-order valence-corrected chi connectivity index (χ3v) is 4.66. The van der Waals surface area contributed by atoms with Crippen LogP contribution in [0.25, 0.3) is 11.3 Å². The van der Waals surface area contributed by atoms with Gasteiger partial charge in [0.05, 0.1) is 23.6 Å². The summed E-state index contributed by atoms with van der Waals surface area (Å²) in [6.45, 7) is 4.41. The van der Waals surface area contributed by atoms with Crippen LogP contribution < -0.4 is 10.6 Å². The number of nitrogens with one attached hydrogen (secondary N) is 2. The number of carbonyl (C=O) groups excluding carboxylic acids is 1. The van der Waals surface area contributed by atoms with Gasteiger partial charge in [0.15, 0.2) is 0 Å². The number of hydrogen-bond donors (Lipinski definition) is 2. The van der Waals surface area contributed by atoms with E-state index >= 15 is 0 Å². The van der Waals surface area contributed by atoms with Gasteiger partial charge in [-0.05, 0) is 38.5 Å². The molecule has 0 fully saturated rings. The highest BCUT2D eigenvalue weighted by Gasteiger charge is 2.37. The van der Waals surface area contributed by atoms with E-state index in [0.29, 0.717) is 16.9 Å². The molecule has 0 radical (unpaired) electrons. The van der Waals surface area contributed by atoms with Gasteiger partial charge in [-0.25, -0.2) is 9.97 Å². The zero-order valence-electron chi connectivity index (χ0n) is 17.5. The number of carbonyl (C=O) groups is 1. The quantitative estimate of drug-likeness (QED) is 0.592. The van der Waals surface area contributed by atoms with Crippen molar-refractivity contribution in [2.45, 2.75) is 39.0 Å². The van der Waals surface area contributed by atoms with Gasteiger partial charge in [0.2, 0.25) is 5.95 Å². The van der Waals surface area contributed by atoms with Crippen molar-refractivity contribution >= 4 is 17.5 Å². The van der Waals surface area contributed by atoms with Gasteiger partial charge in [-0.3, -0.25) is 9.48 Å². The summed E-state index contributed by atoms with van der Waals surface area (Å²) < 4.78 is 39.4. The second-order valence-electron chi connectivity index (χ2n) is 7.18. The van der Waals surface area contributed by atoms with Gasteiger partial charge in [0, 0.05) is 23.5 Å². The summed E-state index contributed by atoms with van der Waals surface area (Å²) in [5.41, 5.74) is 2.80. The molecule has 1 amide bonds. The van der Waals surface area contributed by atoms with Crippen molar-refractivity contribution in [3.8, 4) is 17.3 Å². The fourth-order valence-corrected chi connectivity index (χ4v) is 2.78. The molecule has 0 aliphatic heterocycles. The van der Waals surface area contributed by atoms with E-state index in [4.69, 9.17) is 5.26 Å². The van der Waals surface area contributed by atoms with Gasteiger partial charge in [0.25, 0.3) is 5.91 Å². The zero-order valence-corrected chi connectivity index (χ0v) is 17.5. The number of hydrogen-bond acceptors (Lipinski definition) is 6. The third kappa shape index (κ3) is 5.21. The first-order chi connectivity index (χ1) is 15.1. The van der Waals surface area contributed by atoms with Crippen molar-refractivity contribution in [3.63, 3.8) is 0 Å². The molecule has 0 saturated carbocycles. The van der Waals surface area contributed by atoms with E-state index in [-0.39, 0.29) is 11.9 Å². The Morgan fingerprint density at radius 1 is 1.19 bits per heavy atom. The number of amides is 1. The number of nitrogens with zero attached hydrogens (tertiary/aromatic N) is 5. The summed E-state index contributed by atoms with van der Waals surface area (Å²) in [5, 5.41) is 18.0. The van der Waals surface area contributed by atoms with E-state index in [1.165, 1.54) is 12.4 Å². The lowest BCUT2D eigenvalue weighted by molar-refractivity contribution is -0.165. The molecule has 2 heterocycles. The molecule has 166 valence electrons. The van der Waals surface area contributed by atoms with E-state index < -0.39 is 18.3 Å². The molecule has 3 aromatic rings. The van der Waals surface area contributed by atoms with E-state index in [0.717, 1.165) is 22.7 Å². The van der Waals surface area contributed by atoms with Crippen LogP contribution in [0.3, 0.4) is 0 Å². The molecule has 0 aliphatic rings. The SMILES string of the molecule is Cc1cnc(Nc2cnn(C(C)C(F)(F)F)c2)nc1-c1ccc(C(=O)N[C@@H](C)C#N)cc1. The Hall–Kier alpha value is -3.94. The molecule has 2 N–H and O–H groups in total. The molecule has 1 unspecified atom stereocenters. The Labute approximate surface area is 182 Å². The number of benzene rings is 1. The lowest BCUT2D eigenvalue weighted by atomic mass is 10.1. The fraction of sp³-hybridized carbons (Fsp3) is 0.286. The average Bonchev–Trinajstić information content (AvgIpc) is 3.22. The van der Waals surface area contributed by atoms with Gasteiger partial charge in [-0.15, -0.1) is 0 Å². The first-order valence-electron chi connectivity index (χ1n) is 9.61. The first-order valence-corrected chi connectivity index (χ1v) is 9.61. The minimum atomic E-state index is -4.41. The lowest BCUT2D eigenvalue weighted by Gasteiger charge is -2.15. The normalized spacial score (nSPS) is 13.2. The van der Waals surface area contributed by atoms with E-state index in [9.17, 15) is 18.0 Å². The molecule has 8 nitrogen and oxygen atoms in total. The van der Waals surface area contributed by atoms with Crippen molar-refractivity contribution in [1.29, 1.82) is 5.26 Å². The second-order valence-corrected chi connectivity index (χ2v) is 7.18. The first kappa shape index (κ1) is 22.7. The summed E-state index contributed by atoms with van der Waals surface area (Å²) >= 11 is 0. The summed E-state index contributed by atoms with van der Waals surface area (Å²) in [5.74, 6) is -0.174. The van der Waals surface area contributed by atoms with Gasteiger partial charge in [0.1, 0.15) is 12.1 Å². The van der Waals surface area contributed by atoms with Crippen LogP contribution in [0.4, 0.5) is 24.8 Å². The highest BCUT2D eigenvalue weighted by Crippen LogP contribution is 2.30. The Bertz CT molecular complexity index is 1150. The third-order valence-electron chi connectivity index (χ3n) is 4.66. The van der Waals surface area contributed by atoms with Crippen molar-refractivity contribution in [2.24, 2.45) is 0 Å². The largest absolute Gasteiger partial charge is 0.410 e. The van der Waals surface area contributed by atoms with E-state index in [1.807, 2.05) is 13.0 Å². The summed E-state index contributed by atoms with van der Waals surface area (Å²) in [6, 6.07) is 6.23. The van der Waals surface area contributed by atoms with Crippen LogP contribution in [0, 0.1) is 18.3 Å². The minimum absolute atomic E-state index is 0.189. The number of rotatable bonds is 6. The predicted molar refractivity (Wildman–Crippen MR) is 111 cm³/mol. The number of nitriles is 1. The summed E-state index contributed by atoms with van der Waals surface area (Å²) in [7, 11) is 0. The molecule has 3 rings (SSSR count). The van der Waals surface area contributed by atoms with E-state index in [2.05, 4.69) is 25.7 Å². The molecule has 0 spiro atoms. The minimum Gasteiger partial charge on any atom is -0.337 e. The smallest absolute Gasteiger partial charge is 0.337 e. The topological polar surface area (TPSA) is 109 Å². The molecule has 2 aromatic heterocycles. The van der Waals surface area contributed by atoms with Crippen LogP contribution in [0.5, 0.6) is 0 Å². The van der Waals surface area contributed by atoms with E-state index in [1.54, 1.807) is 37.4 Å². The van der Waals surface area contributed by atoms with Gasteiger partial charge in [-0.1, -0.05) is 12.1 Å². The summed E-state index contributed by atoms with van der Waals surface area (Å²) in [6.07, 6.45) is -0.327. The van der Waals surface area contributed by atoms with Gasteiger partial charge >= 0.3 is 6.18 Å². The zero-order chi connectivity index (χ0) is 23.5. The lowest BCUT2D eigenvalue weighted by Crippen LogP contribution is -2.31. The number of alkyl halides is 3. The summed E-state index contributed by atoms with van der Waals surface area (Å²) in [4.78, 5) is 20.7. The van der Waals surface area contributed by atoms with Crippen molar-refractivity contribution < 1.29 is 18.0 Å². The molecule has 11 heteroatoms. The number of aryl methyl sites for hydroxylation is 1. The van der Waals surface area contributed by atoms with Crippen molar-refractivity contribution in [2.75, 3.05) is 5.32 Å². The van der Waals surface area contributed by atoms with Crippen LogP contribution in [0.15, 0.2) is 42.9 Å². The maximum atomic E-state index is 12.9. The van der Waals surface area contributed by atoms with Crippen LogP contribution in [0.2, 0.25) is 0 Å². The Kier molecular flexibility index (Phi) is 6.43. The molecular weight excluding hydrogens is 423 g/mol. The highest BCUT2D eigenvalue weighted by atomic mass is 19.4. The monoisotopic (exact) mass is 443 g/mol. The number of aromatic nitrogens is 4. The number of halogens is 3. The highest BCUT2D eigenvalue weighted by molar-refractivity contribution is 5.95. The molecule has 0 aliphatic carbocycles. The Morgan fingerprint density at radius 2 is 1.88 bits per heavy atom. The van der Waals surface area contributed by atoms with Gasteiger partial charge in [-0.2, -0.15) is 23.5 Å². The maximum Gasteiger partial charge on any atom is 0.410 e. The van der Waals surface area contributed by atoms with Crippen LogP contribution in [0.1, 0.15) is 35.8 Å². The molecule has 32 heavy (non-hydrogen) atoms. The molecule has 0 saturated heterocycles. The molecular formula is C21H20F3N7O. The van der Waals surface area contributed by atoms with Crippen LogP contribution >= 0.6 is 0 Å². The molecule has 0 bridgehead atoms. The Morgan fingerprint density at radius 3 is 2.50 bits per heavy atom. The Balaban J connectivity index is 1.79. The second kappa shape index (κ2) is 9.05. The van der Waals surface area contributed by atoms with Crippen molar-refractivity contribution in [1.82, 2.24) is 25.1 Å². The maximum absolute atomic E-state index is 12.9. The standard InChI is InChI=1S/C21H20F3N7O/c1-12-9-26-20(29-17-10-27-31(11-17)14(3)21(22,23)24)30-18(12)15-4-6-16(7-5-15)19(32)28-13(2)8-25/h4-7,9-11,13-14H,1-3H3,(H,28,32)(H,26,29,30)/t13-,14?/m0/s1. The predicted octanol–water partition coefficient (Wildman–Crippen LogP) is 4.16. The fourth-order valence-electron chi connectivity index (χ4n) is 2.78. The van der Waals surface area contributed by atoms with Crippen LogP contribution in [-0.2, 0) is 0 Å². The van der Waals surface area contributed by atoms with Gasteiger partial charge < -0.3 is 10.6 Å². The van der Waals surface area contributed by atoms with Crippen molar-refractivity contribution in [3.05, 3.63) is 54.0 Å². The molecule has 2 atom stereocenters. The molecule has 1 aromatic carbocycles. The average molecular weight is 443 g/mol. The number of anilines is 2.